The van der Waals surface area contributed by atoms with Gasteiger partial charge in [-0.15, -0.1) is 0 Å². The summed E-state index contributed by atoms with van der Waals surface area (Å²) in [5, 5.41) is 7.77. The smallest absolute Gasteiger partial charge is 0.0691 e. The summed E-state index contributed by atoms with van der Waals surface area (Å²) in [6.07, 6.45) is 5.37. The quantitative estimate of drug-likeness (QED) is 0.816. The van der Waals surface area contributed by atoms with Crippen molar-refractivity contribution in [3.63, 3.8) is 0 Å². The summed E-state index contributed by atoms with van der Waals surface area (Å²) in [5.41, 5.74) is 3.33. The molecule has 3 nitrogen and oxygen atoms in total. The van der Waals surface area contributed by atoms with Crippen LogP contribution < -0.4 is 0 Å². The SMILES string of the molecule is BrCc1cn[nH]c1-c1ccncc1. The maximum atomic E-state index is 3.99. The molecule has 0 saturated carbocycles. The lowest BCUT2D eigenvalue weighted by atomic mass is 10.1. The second-order valence-electron chi connectivity index (χ2n) is 2.64. The number of nitrogens with zero attached hydrogens (tertiary/aromatic N) is 2. The molecule has 2 aromatic rings. The highest BCUT2D eigenvalue weighted by Crippen LogP contribution is 2.21. The molecule has 1 N–H and O–H groups in total. The Kier molecular flexibility index (Phi) is 2.40. The average Bonchev–Trinajstić information content (AvgIpc) is 2.67. The minimum atomic E-state index is 0.807. The third-order valence-corrected chi connectivity index (χ3v) is 2.43. The number of H-pyrrole nitrogens is 1. The molecule has 0 spiro atoms. The molecule has 0 saturated heterocycles. The minimum absolute atomic E-state index is 0.807. The van der Waals surface area contributed by atoms with Crippen molar-refractivity contribution in [2.24, 2.45) is 0 Å². The van der Waals surface area contributed by atoms with Crippen LogP contribution in [0.4, 0.5) is 0 Å². The van der Waals surface area contributed by atoms with Gasteiger partial charge in [0.1, 0.15) is 0 Å². The highest BCUT2D eigenvalue weighted by atomic mass is 79.9. The molecule has 0 amide bonds. The van der Waals surface area contributed by atoms with Gasteiger partial charge in [0.25, 0.3) is 0 Å². The summed E-state index contributed by atoms with van der Waals surface area (Å²) < 4.78 is 0. The van der Waals surface area contributed by atoms with Gasteiger partial charge in [0.2, 0.25) is 0 Å². The van der Waals surface area contributed by atoms with Crippen LogP contribution in [-0.2, 0) is 5.33 Å². The first-order valence-electron chi connectivity index (χ1n) is 3.90. The lowest BCUT2D eigenvalue weighted by molar-refractivity contribution is 1.09. The van der Waals surface area contributed by atoms with Crippen LogP contribution in [-0.4, -0.2) is 15.2 Å². The minimum Gasteiger partial charge on any atom is -0.278 e. The van der Waals surface area contributed by atoms with Crippen LogP contribution in [0.1, 0.15) is 5.56 Å². The normalized spacial score (nSPS) is 10.2. The Labute approximate surface area is 84.3 Å². The van der Waals surface area contributed by atoms with Gasteiger partial charge in [-0.3, -0.25) is 10.1 Å². The standard InChI is InChI=1S/C9H8BrN3/c10-5-8-6-12-13-9(8)7-1-3-11-4-2-7/h1-4,6H,5H2,(H,12,13). The van der Waals surface area contributed by atoms with Gasteiger partial charge in [-0.25, -0.2) is 0 Å². The lowest BCUT2D eigenvalue weighted by Crippen LogP contribution is -1.82. The highest BCUT2D eigenvalue weighted by Gasteiger charge is 2.04. The summed E-state index contributed by atoms with van der Waals surface area (Å²) in [6, 6.07) is 3.92. The molecule has 0 atom stereocenters. The summed E-state index contributed by atoms with van der Waals surface area (Å²) >= 11 is 3.41. The first-order chi connectivity index (χ1) is 6.42. The molecule has 0 radical (unpaired) electrons. The Balaban J connectivity index is 2.47. The molecule has 2 aromatic heterocycles. The van der Waals surface area contributed by atoms with Crippen LogP contribution in [0.3, 0.4) is 0 Å². The van der Waals surface area contributed by atoms with Gasteiger partial charge in [0.15, 0.2) is 0 Å². The highest BCUT2D eigenvalue weighted by molar-refractivity contribution is 9.08. The van der Waals surface area contributed by atoms with Gasteiger partial charge >= 0.3 is 0 Å². The van der Waals surface area contributed by atoms with Crippen molar-refractivity contribution in [1.82, 2.24) is 15.2 Å². The van der Waals surface area contributed by atoms with Crippen molar-refractivity contribution in [1.29, 1.82) is 0 Å². The van der Waals surface area contributed by atoms with Crippen molar-refractivity contribution < 1.29 is 0 Å². The maximum absolute atomic E-state index is 3.99. The second-order valence-corrected chi connectivity index (χ2v) is 3.20. The van der Waals surface area contributed by atoms with E-state index in [1.807, 2.05) is 18.3 Å². The molecule has 0 aromatic carbocycles. The summed E-state index contributed by atoms with van der Waals surface area (Å²) in [4.78, 5) is 3.96. The molecule has 2 heterocycles. The van der Waals surface area contributed by atoms with E-state index in [9.17, 15) is 0 Å². The van der Waals surface area contributed by atoms with Gasteiger partial charge in [0, 0.05) is 28.9 Å². The number of halogens is 1. The van der Waals surface area contributed by atoms with E-state index in [0.717, 1.165) is 22.2 Å². The molecule has 0 fully saturated rings. The molecule has 4 heteroatoms. The summed E-state index contributed by atoms with van der Waals surface area (Å²) in [6.45, 7) is 0. The van der Waals surface area contributed by atoms with Gasteiger partial charge in [-0.1, -0.05) is 15.9 Å². The fourth-order valence-corrected chi connectivity index (χ4v) is 1.61. The molecule has 0 aliphatic carbocycles. The van der Waals surface area contributed by atoms with Crippen molar-refractivity contribution >= 4 is 15.9 Å². The molecule has 2 rings (SSSR count). The van der Waals surface area contributed by atoms with E-state index in [-0.39, 0.29) is 0 Å². The van der Waals surface area contributed by atoms with Gasteiger partial charge < -0.3 is 0 Å². The fraction of sp³-hybridized carbons (Fsp3) is 0.111. The van der Waals surface area contributed by atoms with E-state index in [1.165, 1.54) is 0 Å². The third-order valence-electron chi connectivity index (χ3n) is 1.83. The molecule has 66 valence electrons. The molecule has 0 unspecified atom stereocenters. The molecule has 13 heavy (non-hydrogen) atoms. The van der Waals surface area contributed by atoms with E-state index in [0.29, 0.717) is 0 Å². The van der Waals surface area contributed by atoms with E-state index in [2.05, 4.69) is 31.1 Å². The predicted octanol–water partition coefficient (Wildman–Crippen LogP) is 2.37. The van der Waals surface area contributed by atoms with Crippen molar-refractivity contribution in [3.8, 4) is 11.3 Å². The first-order valence-corrected chi connectivity index (χ1v) is 5.02. The number of nitrogens with one attached hydrogen (secondary N) is 1. The number of pyridine rings is 1. The average molecular weight is 238 g/mol. The van der Waals surface area contributed by atoms with Crippen LogP contribution in [0.25, 0.3) is 11.3 Å². The van der Waals surface area contributed by atoms with Crippen molar-refractivity contribution in [2.45, 2.75) is 5.33 Å². The first kappa shape index (κ1) is 8.44. The Hall–Kier alpha value is -1.16. The van der Waals surface area contributed by atoms with E-state index in [1.54, 1.807) is 12.4 Å². The predicted molar refractivity (Wildman–Crippen MR) is 54.4 cm³/mol. The van der Waals surface area contributed by atoms with Crippen LogP contribution in [0.2, 0.25) is 0 Å². The summed E-state index contributed by atoms with van der Waals surface area (Å²) in [5.74, 6) is 0. The monoisotopic (exact) mass is 237 g/mol. The number of hydrogen-bond acceptors (Lipinski definition) is 2. The van der Waals surface area contributed by atoms with E-state index < -0.39 is 0 Å². The molecular formula is C9H8BrN3. The molecular weight excluding hydrogens is 230 g/mol. The Morgan fingerprint density at radius 1 is 1.31 bits per heavy atom. The number of hydrogen-bond donors (Lipinski definition) is 1. The van der Waals surface area contributed by atoms with Crippen molar-refractivity contribution in [2.75, 3.05) is 0 Å². The van der Waals surface area contributed by atoms with E-state index >= 15 is 0 Å². The van der Waals surface area contributed by atoms with Gasteiger partial charge in [-0.05, 0) is 12.1 Å². The largest absolute Gasteiger partial charge is 0.278 e. The van der Waals surface area contributed by atoms with Crippen LogP contribution >= 0.6 is 15.9 Å². The lowest BCUT2D eigenvalue weighted by Gasteiger charge is -1.98. The van der Waals surface area contributed by atoms with Gasteiger partial charge in [-0.2, -0.15) is 5.10 Å². The Morgan fingerprint density at radius 3 is 2.77 bits per heavy atom. The van der Waals surface area contributed by atoms with Crippen LogP contribution in [0.15, 0.2) is 30.7 Å². The number of aromatic nitrogens is 3. The second kappa shape index (κ2) is 3.70. The maximum Gasteiger partial charge on any atom is 0.0691 e. The van der Waals surface area contributed by atoms with E-state index in [4.69, 9.17) is 0 Å². The van der Waals surface area contributed by atoms with Gasteiger partial charge in [0.05, 0.1) is 11.9 Å². The summed E-state index contributed by atoms with van der Waals surface area (Å²) in [7, 11) is 0. The van der Waals surface area contributed by atoms with Crippen LogP contribution in [0, 0.1) is 0 Å². The zero-order chi connectivity index (χ0) is 9.10. The Bertz CT molecular complexity index is 383. The number of alkyl halides is 1. The molecule has 0 aliphatic rings. The molecule has 0 bridgehead atoms. The topological polar surface area (TPSA) is 41.6 Å². The fourth-order valence-electron chi connectivity index (χ4n) is 1.18. The van der Waals surface area contributed by atoms with Crippen LogP contribution in [0.5, 0.6) is 0 Å². The van der Waals surface area contributed by atoms with Crippen molar-refractivity contribution in [3.05, 3.63) is 36.3 Å². The molecule has 0 aliphatic heterocycles. The third kappa shape index (κ3) is 1.62. The Morgan fingerprint density at radius 2 is 2.08 bits per heavy atom. The number of aromatic amines is 1. The zero-order valence-electron chi connectivity index (χ0n) is 6.87. The number of rotatable bonds is 2. The zero-order valence-corrected chi connectivity index (χ0v) is 8.45.